The molecule has 1 atom stereocenters. The molecule has 4 rings (SSSR count). The molecule has 0 fully saturated rings. The van der Waals surface area contributed by atoms with Crippen LogP contribution in [0.25, 0.3) is 16.6 Å². The Hall–Kier alpha value is -4.05. The number of amides is 3. The molecule has 1 unspecified atom stereocenters. The average molecular weight is 480 g/mol. The predicted octanol–water partition coefficient (Wildman–Crippen LogP) is 4.49. The molecule has 3 aromatic carbocycles. The molecule has 0 aliphatic carbocycles. The van der Waals surface area contributed by atoms with Crippen LogP contribution in [0.1, 0.15) is 6.92 Å². The molecule has 10 heteroatoms. The number of anilines is 1. The molecule has 0 bridgehead atoms. The fourth-order valence-electron chi connectivity index (χ4n) is 3.18. The van der Waals surface area contributed by atoms with E-state index in [1.807, 2.05) is 0 Å². The highest BCUT2D eigenvalue weighted by Gasteiger charge is 2.23. The highest BCUT2D eigenvalue weighted by molar-refractivity contribution is 8.00. The molecule has 4 aromatic rings. The van der Waals surface area contributed by atoms with Gasteiger partial charge in [-0.1, -0.05) is 42.1 Å². The highest BCUT2D eigenvalue weighted by atomic mass is 32.2. The van der Waals surface area contributed by atoms with Gasteiger partial charge in [-0.2, -0.15) is 0 Å². The number of urea groups is 1. The number of para-hydroxylation sites is 2. The molecule has 7 nitrogen and oxygen atoms in total. The maximum atomic E-state index is 14.6. The maximum absolute atomic E-state index is 14.6. The van der Waals surface area contributed by atoms with Crippen LogP contribution in [0.4, 0.5) is 19.3 Å². The summed E-state index contributed by atoms with van der Waals surface area (Å²) in [5.41, 5.74) is 0.0720. The molecule has 0 saturated heterocycles. The molecule has 0 aliphatic heterocycles. The van der Waals surface area contributed by atoms with Gasteiger partial charge in [0.15, 0.2) is 5.16 Å². The summed E-state index contributed by atoms with van der Waals surface area (Å²) in [6.45, 7) is 1.52. The predicted molar refractivity (Wildman–Crippen MR) is 126 cm³/mol. The molecular weight excluding hydrogens is 462 g/mol. The molecule has 34 heavy (non-hydrogen) atoms. The molecular formula is C24H18F2N4O3S. The van der Waals surface area contributed by atoms with Crippen LogP contribution in [0, 0.1) is 11.6 Å². The van der Waals surface area contributed by atoms with Gasteiger partial charge in [0.25, 0.3) is 5.56 Å². The van der Waals surface area contributed by atoms with Crippen molar-refractivity contribution in [3.05, 3.63) is 94.8 Å². The fraction of sp³-hybridized carbons (Fsp3) is 0.0833. The van der Waals surface area contributed by atoms with Crippen molar-refractivity contribution in [1.82, 2.24) is 14.9 Å². The Morgan fingerprint density at radius 1 is 1.00 bits per heavy atom. The van der Waals surface area contributed by atoms with E-state index >= 15 is 0 Å². The normalized spacial score (nSPS) is 11.7. The summed E-state index contributed by atoms with van der Waals surface area (Å²) in [5.74, 6) is -2.40. The van der Waals surface area contributed by atoms with Gasteiger partial charge in [-0.05, 0) is 43.3 Å². The van der Waals surface area contributed by atoms with E-state index in [1.165, 1.54) is 6.92 Å². The minimum atomic E-state index is -0.958. The van der Waals surface area contributed by atoms with E-state index in [4.69, 9.17) is 0 Å². The first-order valence-corrected chi connectivity index (χ1v) is 11.0. The number of hydrogen-bond donors (Lipinski definition) is 2. The molecule has 0 saturated carbocycles. The van der Waals surface area contributed by atoms with Crippen molar-refractivity contribution in [1.29, 1.82) is 0 Å². The molecule has 0 aliphatic rings. The third-order valence-corrected chi connectivity index (χ3v) is 5.87. The fourth-order valence-corrected chi connectivity index (χ4v) is 4.10. The highest BCUT2D eigenvalue weighted by Crippen LogP contribution is 2.26. The number of imide groups is 1. The number of benzene rings is 3. The summed E-state index contributed by atoms with van der Waals surface area (Å²) < 4.78 is 29.1. The number of rotatable bonds is 5. The summed E-state index contributed by atoms with van der Waals surface area (Å²) in [4.78, 5) is 42.4. The lowest BCUT2D eigenvalue weighted by molar-refractivity contribution is -0.119. The quantitative estimate of drug-likeness (QED) is 0.324. The molecule has 1 heterocycles. The van der Waals surface area contributed by atoms with Crippen LogP contribution in [0.15, 0.2) is 82.7 Å². The van der Waals surface area contributed by atoms with Crippen LogP contribution in [-0.2, 0) is 4.79 Å². The van der Waals surface area contributed by atoms with Gasteiger partial charge in [-0.15, -0.1) is 0 Å². The van der Waals surface area contributed by atoms with Crippen molar-refractivity contribution in [2.45, 2.75) is 17.3 Å². The van der Waals surface area contributed by atoms with Crippen molar-refractivity contribution < 1.29 is 18.4 Å². The summed E-state index contributed by atoms with van der Waals surface area (Å²) >= 11 is 0.863. The second kappa shape index (κ2) is 9.84. The Bertz CT molecular complexity index is 1440. The zero-order valence-corrected chi connectivity index (χ0v) is 18.6. The van der Waals surface area contributed by atoms with Gasteiger partial charge in [0.1, 0.15) is 11.6 Å². The molecule has 2 N–H and O–H groups in total. The maximum Gasteiger partial charge on any atom is 0.325 e. The van der Waals surface area contributed by atoms with Crippen molar-refractivity contribution in [3.63, 3.8) is 0 Å². The number of carbonyl (C=O) groups is 2. The van der Waals surface area contributed by atoms with Gasteiger partial charge in [0.05, 0.1) is 21.8 Å². The number of nitrogens with one attached hydrogen (secondary N) is 2. The Kier molecular flexibility index (Phi) is 6.69. The van der Waals surface area contributed by atoms with Crippen molar-refractivity contribution in [3.8, 4) is 5.69 Å². The smallest absolute Gasteiger partial charge is 0.308 e. The lowest BCUT2D eigenvalue weighted by Gasteiger charge is -2.16. The van der Waals surface area contributed by atoms with E-state index in [-0.39, 0.29) is 16.2 Å². The second-order valence-electron chi connectivity index (χ2n) is 7.22. The van der Waals surface area contributed by atoms with Crippen LogP contribution < -0.4 is 16.2 Å². The zero-order valence-electron chi connectivity index (χ0n) is 17.8. The van der Waals surface area contributed by atoms with Gasteiger partial charge >= 0.3 is 6.03 Å². The standard InChI is InChI=1S/C24H18F2N4O3S/c1-14(21(31)29-23(33)27-16-7-3-2-4-8-16)34-24-28-19-10-6-5-9-17(19)22(32)30(24)20-12-11-15(25)13-18(20)26/h2-14H,1H3,(H2,27,29,31,33). The average Bonchev–Trinajstić information content (AvgIpc) is 2.81. The molecule has 172 valence electrons. The summed E-state index contributed by atoms with van der Waals surface area (Å²) in [7, 11) is 0. The van der Waals surface area contributed by atoms with E-state index < -0.39 is 34.4 Å². The number of hydrogen-bond acceptors (Lipinski definition) is 5. The van der Waals surface area contributed by atoms with Crippen molar-refractivity contribution >= 4 is 40.3 Å². The van der Waals surface area contributed by atoms with Gasteiger partial charge in [-0.3, -0.25) is 19.5 Å². The molecule has 0 spiro atoms. The van der Waals surface area contributed by atoms with Crippen LogP contribution in [0.3, 0.4) is 0 Å². The van der Waals surface area contributed by atoms with Crippen LogP contribution in [-0.4, -0.2) is 26.7 Å². The lowest BCUT2D eigenvalue weighted by Crippen LogP contribution is -2.39. The number of fused-ring (bicyclic) bond motifs is 1. The molecule has 0 radical (unpaired) electrons. The number of carbonyl (C=O) groups excluding carboxylic acids is 2. The number of halogens is 2. The molecule has 3 amide bonds. The zero-order chi connectivity index (χ0) is 24.2. The van der Waals surface area contributed by atoms with E-state index in [1.54, 1.807) is 54.6 Å². The van der Waals surface area contributed by atoms with Gasteiger partial charge in [0.2, 0.25) is 5.91 Å². The monoisotopic (exact) mass is 480 g/mol. The third-order valence-electron chi connectivity index (χ3n) is 4.82. The first kappa shape index (κ1) is 23.1. The summed E-state index contributed by atoms with van der Waals surface area (Å²) in [6, 6.07) is 17.2. The van der Waals surface area contributed by atoms with Crippen LogP contribution in [0.5, 0.6) is 0 Å². The third kappa shape index (κ3) is 4.96. The second-order valence-corrected chi connectivity index (χ2v) is 8.53. The van der Waals surface area contributed by atoms with Crippen molar-refractivity contribution in [2.24, 2.45) is 0 Å². The van der Waals surface area contributed by atoms with Gasteiger partial charge in [-0.25, -0.2) is 18.6 Å². The van der Waals surface area contributed by atoms with Crippen molar-refractivity contribution in [2.75, 3.05) is 5.32 Å². The summed E-state index contributed by atoms with van der Waals surface area (Å²) in [5, 5.41) is 4.13. The van der Waals surface area contributed by atoms with Gasteiger partial charge < -0.3 is 5.32 Å². The minimum Gasteiger partial charge on any atom is -0.308 e. The lowest BCUT2D eigenvalue weighted by atomic mass is 10.2. The number of aromatic nitrogens is 2. The Labute approximate surface area is 196 Å². The Morgan fingerprint density at radius 3 is 2.44 bits per heavy atom. The van der Waals surface area contributed by atoms with E-state index in [0.29, 0.717) is 17.3 Å². The number of nitrogens with zero attached hydrogens (tertiary/aromatic N) is 2. The summed E-state index contributed by atoms with van der Waals surface area (Å²) in [6.07, 6.45) is 0. The van der Waals surface area contributed by atoms with E-state index in [2.05, 4.69) is 15.6 Å². The number of thioether (sulfide) groups is 1. The topological polar surface area (TPSA) is 93.1 Å². The Balaban J connectivity index is 1.64. The Morgan fingerprint density at radius 2 is 1.71 bits per heavy atom. The largest absolute Gasteiger partial charge is 0.325 e. The first-order chi connectivity index (χ1) is 16.3. The van der Waals surface area contributed by atoms with Gasteiger partial charge in [0, 0.05) is 11.8 Å². The SMILES string of the molecule is CC(Sc1nc2ccccc2c(=O)n1-c1ccc(F)cc1F)C(=O)NC(=O)Nc1ccccc1. The van der Waals surface area contributed by atoms with E-state index in [0.717, 1.165) is 28.5 Å². The first-order valence-electron chi connectivity index (χ1n) is 10.1. The van der Waals surface area contributed by atoms with Crippen LogP contribution >= 0.6 is 11.8 Å². The molecule has 1 aromatic heterocycles. The van der Waals surface area contributed by atoms with Crippen LogP contribution in [0.2, 0.25) is 0 Å². The van der Waals surface area contributed by atoms with E-state index in [9.17, 15) is 23.2 Å². The minimum absolute atomic E-state index is 0.0142.